The van der Waals surface area contributed by atoms with Crippen molar-refractivity contribution in [3.63, 3.8) is 0 Å². The van der Waals surface area contributed by atoms with Gasteiger partial charge in [-0.25, -0.2) is 0 Å². The van der Waals surface area contributed by atoms with Crippen molar-refractivity contribution < 1.29 is 14.3 Å². The lowest BCUT2D eigenvalue weighted by atomic mass is 10.2. The second-order valence-corrected chi connectivity index (χ2v) is 4.14. The third-order valence-corrected chi connectivity index (χ3v) is 2.74. The van der Waals surface area contributed by atoms with Crippen molar-refractivity contribution >= 4 is 23.2 Å². The van der Waals surface area contributed by atoms with Crippen molar-refractivity contribution in [1.82, 2.24) is 0 Å². The van der Waals surface area contributed by atoms with Crippen LogP contribution in [0.2, 0.25) is 0 Å². The minimum Gasteiger partial charge on any atom is -0.497 e. The predicted molar refractivity (Wildman–Crippen MR) is 72.7 cm³/mol. The van der Waals surface area contributed by atoms with E-state index < -0.39 is 0 Å². The Bertz CT molecular complexity index is 396. The number of benzene rings is 1. The standard InChI is InChI=1S/C13H18ClNO3/c1-17-10-6-7-12(18-2)11(9-10)15-13(16)5-3-4-8-14/h6-7,9H,3-5,8H2,1-2H3,(H,15,16). The Balaban J connectivity index is 2.66. The zero-order chi connectivity index (χ0) is 13.4. The molecule has 0 fully saturated rings. The smallest absolute Gasteiger partial charge is 0.224 e. The van der Waals surface area contributed by atoms with E-state index in [0.717, 1.165) is 12.8 Å². The predicted octanol–water partition coefficient (Wildman–Crippen LogP) is 3.05. The monoisotopic (exact) mass is 271 g/mol. The lowest BCUT2D eigenvalue weighted by molar-refractivity contribution is -0.116. The lowest BCUT2D eigenvalue weighted by Crippen LogP contribution is -2.12. The maximum Gasteiger partial charge on any atom is 0.224 e. The molecular formula is C13H18ClNO3. The molecular weight excluding hydrogens is 254 g/mol. The molecule has 100 valence electrons. The number of alkyl halides is 1. The first kappa shape index (κ1) is 14.6. The number of carbonyl (C=O) groups is 1. The topological polar surface area (TPSA) is 47.6 Å². The van der Waals surface area contributed by atoms with Crippen LogP contribution in [0.25, 0.3) is 0 Å². The Kier molecular flexibility index (Phi) is 6.36. The quantitative estimate of drug-likeness (QED) is 0.612. The molecule has 0 aliphatic heterocycles. The number of ether oxygens (including phenoxy) is 2. The van der Waals surface area contributed by atoms with E-state index in [1.165, 1.54) is 0 Å². The summed E-state index contributed by atoms with van der Waals surface area (Å²) >= 11 is 5.56. The first-order valence-electron chi connectivity index (χ1n) is 5.79. The second-order valence-electron chi connectivity index (χ2n) is 3.76. The average Bonchev–Trinajstić information content (AvgIpc) is 2.39. The summed E-state index contributed by atoms with van der Waals surface area (Å²) < 4.78 is 10.3. The molecule has 1 aromatic carbocycles. The molecule has 0 heterocycles. The number of halogens is 1. The van der Waals surface area contributed by atoms with E-state index >= 15 is 0 Å². The minimum absolute atomic E-state index is 0.0494. The van der Waals surface area contributed by atoms with Gasteiger partial charge in [-0.3, -0.25) is 4.79 Å². The fraction of sp³-hybridized carbons (Fsp3) is 0.462. The molecule has 0 saturated heterocycles. The van der Waals surface area contributed by atoms with Gasteiger partial charge in [-0.2, -0.15) is 0 Å². The summed E-state index contributed by atoms with van der Waals surface area (Å²) in [5, 5.41) is 2.81. The molecule has 1 rings (SSSR count). The van der Waals surface area contributed by atoms with Crippen LogP contribution >= 0.6 is 11.6 Å². The number of hydrogen-bond acceptors (Lipinski definition) is 3. The van der Waals surface area contributed by atoms with Crippen LogP contribution < -0.4 is 14.8 Å². The van der Waals surface area contributed by atoms with E-state index in [9.17, 15) is 4.79 Å². The molecule has 0 unspecified atom stereocenters. The highest BCUT2D eigenvalue weighted by molar-refractivity contribution is 6.17. The number of unbranched alkanes of at least 4 members (excludes halogenated alkanes) is 1. The maximum atomic E-state index is 11.7. The Hall–Kier alpha value is -1.42. The Labute approximate surface area is 112 Å². The van der Waals surface area contributed by atoms with Crippen molar-refractivity contribution in [2.75, 3.05) is 25.4 Å². The maximum absolute atomic E-state index is 11.7. The van der Waals surface area contributed by atoms with Gasteiger partial charge in [-0.1, -0.05) is 0 Å². The van der Waals surface area contributed by atoms with Crippen LogP contribution in [-0.4, -0.2) is 26.0 Å². The molecule has 0 atom stereocenters. The van der Waals surface area contributed by atoms with E-state index in [4.69, 9.17) is 21.1 Å². The van der Waals surface area contributed by atoms with E-state index in [1.807, 2.05) is 0 Å². The molecule has 0 spiro atoms. The van der Waals surface area contributed by atoms with Gasteiger partial charge in [0.25, 0.3) is 0 Å². The fourth-order valence-corrected chi connectivity index (χ4v) is 1.69. The van der Waals surface area contributed by atoms with Gasteiger partial charge in [-0.15, -0.1) is 11.6 Å². The average molecular weight is 272 g/mol. The molecule has 0 bridgehead atoms. The number of methoxy groups -OCH3 is 2. The molecule has 0 aromatic heterocycles. The largest absolute Gasteiger partial charge is 0.497 e. The SMILES string of the molecule is COc1ccc(OC)c(NC(=O)CCCCCl)c1. The molecule has 18 heavy (non-hydrogen) atoms. The molecule has 1 aromatic rings. The van der Waals surface area contributed by atoms with Gasteiger partial charge in [0.1, 0.15) is 11.5 Å². The van der Waals surface area contributed by atoms with Gasteiger partial charge >= 0.3 is 0 Å². The molecule has 4 nitrogen and oxygen atoms in total. The van der Waals surface area contributed by atoms with Crippen LogP contribution in [0.15, 0.2) is 18.2 Å². The molecule has 5 heteroatoms. The molecule has 0 aliphatic carbocycles. The van der Waals surface area contributed by atoms with E-state index in [-0.39, 0.29) is 5.91 Å². The van der Waals surface area contributed by atoms with Gasteiger partial charge in [0.05, 0.1) is 19.9 Å². The summed E-state index contributed by atoms with van der Waals surface area (Å²) in [6, 6.07) is 5.27. The highest BCUT2D eigenvalue weighted by atomic mass is 35.5. The van der Waals surface area contributed by atoms with Crippen molar-refractivity contribution in [2.24, 2.45) is 0 Å². The number of hydrogen-bond donors (Lipinski definition) is 1. The highest BCUT2D eigenvalue weighted by Crippen LogP contribution is 2.28. The van der Waals surface area contributed by atoms with Crippen LogP contribution in [0, 0.1) is 0 Å². The third kappa shape index (κ3) is 4.45. The second kappa shape index (κ2) is 7.82. The third-order valence-electron chi connectivity index (χ3n) is 2.47. The molecule has 1 N–H and O–H groups in total. The first-order chi connectivity index (χ1) is 8.71. The first-order valence-corrected chi connectivity index (χ1v) is 6.32. The zero-order valence-electron chi connectivity index (χ0n) is 10.7. The summed E-state index contributed by atoms with van der Waals surface area (Å²) in [7, 11) is 3.14. The van der Waals surface area contributed by atoms with Crippen LogP contribution in [-0.2, 0) is 4.79 Å². The molecule has 0 radical (unpaired) electrons. The number of rotatable bonds is 7. The van der Waals surface area contributed by atoms with Crippen molar-refractivity contribution in [3.8, 4) is 11.5 Å². The molecule has 0 saturated carbocycles. The number of amides is 1. The summed E-state index contributed by atoms with van der Waals surface area (Å²) in [5.41, 5.74) is 0.618. The summed E-state index contributed by atoms with van der Waals surface area (Å²) in [5.74, 6) is 1.82. The minimum atomic E-state index is -0.0494. The summed E-state index contributed by atoms with van der Waals surface area (Å²) in [4.78, 5) is 11.7. The fourth-order valence-electron chi connectivity index (χ4n) is 1.50. The van der Waals surface area contributed by atoms with Gasteiger partial charge in [-0.05, 0) is 25.0 Å². The lowest BCUT2D eigenvalue weighted by Gasteiger charge is -2.11. The molecule has 1 amide bonds. The zero-order valence-corrected chi connectivity index (χ0v) is 11.4. The van der Waals surface area contributed by atoms with Gasteiger partial charge in [0, 0.05) is 18.4 Å². The Morgan fingerprint density at radius 3 is 2.67 bits per heavy atom. The van der Waals surface area contributed by atoms with Crippen LogP contribution in [0.4, 0.5) is 5.69 Å². The van der Waals surface area contributed by atoms with Gasteiger partial charge < -0.3 is 14.8 Å². The van der Waals surface area contributed by atoms with Crippen LogP contribution in [0.5, 0.6) is 11.5 Å². The number of anilines is 1. The normalized spacial score (nSPS) is 9.94. The van der Waals surface area contributed by atoms with Crippen LogP contribution in [0.1, 0.15) is 19.3 Å². The molecule has 0 aliphatic rings. The number of carbonyl (C=O) groups excluding carboxylic acids is 1. The van der Waals surface area contributed by atoms with E-state index in [2.05, 4.69) is 5.32 Å². The Morgan fingerprint density at radius 2 is 2.06 bits per heavy atom. The Morgan fingerprint density at radius 1 is 1.28 bits per heavy atom. The van der Waals surface area contributed by atoms with Gasteiger partial charge in [0.2, 0.25) is 5.91 Å². The van der Waals surface area contributed by atoms with Crippen molar-refractivity contribution in [1.29, 1.82) is 0 Å². The number of nitrogens with one attached hydrogen (secondary N) is 1. The van der Waals surface area contributed by atoms with Gasteiger partial charge in [0.15, 0.2) is 0 Å². The van der Waals surface area contributed by atoms with Crippen LogP contribution in [0.3, 0.4) is 0 Å². The van der Waals surface area contributed by atoms with Crippen molar-refractivity contribution in [2.45, 2.75) is 19.3 Å². The van der Waals surface area contributed by atoms with Crippen molar-refractivity contribution in [3.05, 3.63) is 18.2 Å². The van der Waals surface area contributed by atoms with E-state index in [1.54, 1.807) is 32.4 Å². The van der Waals surface area contributed by atoms with E-state index in [0.29, 0.717) is 29.5 Å². The highest BCUT2D eigenvalue weighted by Gasteiger charge is 2.08. The summed E-state index contributed by atoms with van der Waals surface area (Å²) in [6.07, 6.45) is 2.07. The summed E-state index contributed by atoms with van der Waals surface area (Å²) in [6.45, 7) is 0.